The zero-order valence-corrected chi connectivity index (χ0v) is 8.57. The summed E-state index contributed by atoms with van der Waals surface area (Å²) in [6.45, 7) is 0. The molecule has 2 unspecified atom stereocenters. The van der Waals surface area contributed by atoms with Gasteiger partial charge >= 0.3 is 0 Å². The van der Waals surface area contributed by atoms with Crippen LogP contribution in [0.25, 0.3) is 0 Å². The van der Waals surface area contributed by atoms with Crippen LogP contribution in [0.2, 0.25) is 0 Å². The average Bonchev–Trinajstić information content (AvgIpc) is 2.04. The molecule has 2 heteroatoms. The third kappa shape index (κ3) is 1.46. The van der Waals surface area contributed by atoms with Crippen LogP contribution in [-0.4, -0.2) is 16.9 Å². The van der Waals surface area contributed by atoms with Gasteiger partial charge in [-0.05, 0) is 18.1 Å². The van der Waals surface area contributed by atoms with Crippen LogP contribution < -0.4 is 0 Å². The molecule has 1 aromatic carbocycles. The molecule has 64 valence electrons. The Morgan fingerprint density at radius 1 is 1.42 bits per heavy atom. The number of rotatable bonds is 0. The lowest BCUT2D eigenvalue weighted by Gasteiger charge is -2.23. The molecule has 0 fully saturated rings. The van der Waals surface area contributed by atoms with Crippen molar-refractivity contribution in [1.82, 2.24) is 0 Å². The Morgan fingerprint density at radius 2 is 2.17 bits per heavy atom. The molecule has 1 aromatic rings. The van der Waals surface area contributed by atoms with Crippen LogP contribution in [0.3, 0.4) is 0 Å². The molecular formula is C10H12S2. The van der Waals surface area contributed by atoms with Gasteiger partial charge in [0.05, 0.1) is 0 Å². The Balaban J connectivity index is 2.47. The van der Waals surface area contributed by atoms with Crippen molar-refractivity contribution in [1.29, 1.82) is 0 Å². The Kier molecular flexibility index (Phi) is 2.28. The van der Waals surface area contributed by atoms with E-state index in [1.807, 2.05) is 0 Å². The molecule has 0 saturated heterocycles. The van der Waals surface area contributed by atoms with E-state index in [-0.39, 0.29) is 10.5 Å². The highest BCUT2D eigenvalue weighted by Gasteiger charge is 2.16. The molecule has 0 bridgehead atoms. The maximum Gasteiger partial charge on any atom is 0.0147 e. The van der Waals surface area contributed by atoms with Gasteiger partial charge in [-0.3, -0.25) is 0 Å². The summed E-state index contributed by atoms with van der Waals surface area (Å²) in [6.07, 6.45) is 1.11. The van der Waals surface area contributed by atoms with E-state index in [1.165, 1.54) is 10.5 Å². The SMILES string of the molecule is C=S1CC(S)Cc2ccccc21. The standard InChI is InChI=1S/C10H12S2/c1-12-7-9(11)6-8-4-2-3-5-10(8)12/h2-5,9,11H,1,6-7H2. The average molecular weight is 196 g/mol. The highest BCUT2D eigenvalue weighted by atomic mass is 32.2. The van der Waals surface area contributed by atoms with Crippen molar-refractivity contribution < 1.29 is 0 Å². The summed E-state index contributed by atoms with van der Waals surface area (Å²) in [4.78, 5) is 1.45. The fourth-order valence-electron chi connectivity index (χ4n) is 1.59. The van der Waals surface area contributed by atoms with Gasteiger partial charge in [0, 0.05) is 15.9 Å². The molecule has 0 N–H and O–H groups in total. The number of thiol groups is 1. The largest absolute Gasteiger partial charge is 0.175 e. The molecule has 1 aliphatic heterocycles. The third-order valence-corrected chi connectivity index (χ3v) is 4.57. The van der Waals surface area contributed by atoms with Crippen LogP contribution in [0.15, 0.2) is 29.2 Å². The normalized spacial score (nSPS) is 28.1. The first-order chi connectivity index (χ1) is 5.77. The summed E-state index contributed by atoms with van der Waals surface area (Å²) < 4.78 is 0. The molecule has 0 amide bonds. The third-order valence-electron chi connectivity index (χ3n) is 2.13. The van der Waals surface area contributed by atoms with Crippen molar-refractivity contribution in [2.45, 2.75) is 16.6 Å². The van der Waals surface area contributed by atoms with E-state index in [0.29, 0.717) is 5.25 Å². The number of hydrogen-bond donors (Lipinski definition) is 1. The Morgan fingerprint density at radius 3 is 3.00 bits per heavy atom. The van der Waals surface area contributed by atoms with E-state index in [9.17, 15) is 0 Å². The summed E-state index contributed by atoms with van der Waals surface area (Å²) in [7, 11) is 0.178. The van der Waals surface area contributed by atoms with Gasteiger partial charge in [-0.15, -0.1) is 0 Å². The van der Waals surface area contributed by atoms with Gasteiger partial charge in [0.2, 0.25) is 0 Å². The number of benzene rings is 1. The van der Waals surface area contributed by atoms with Crippen molar-refractivity contribution in [3.05, 3.63) is 29.8 Å². The summed E-state index contributed by atoms with van der Waals surface area (Å²) in [5, 5.41) is 0.515. The van der Waals surface area contributed by atoms with Gasteiger partial charge in [0.15, 0.2) is 0 Å². The zero-order valence-electron chi connectivity index (χ0n) is 6.86. The van der Waals surface area contributed by atoms with E-state index in [4.69, 9.17) is 0 Å². The lowest BCUT2D eigenvalue weighted by Crippen LogP contribution is -2.14. The van der Waals surface area contributed by atoms with Crippen molar-refractivity contribution in [2.24, 2.45) is 0 Å². The van der Waals surface area contributed by atoms with Crippen LogP contribution in [-0.2, 0) is 6.42 Å². The van der Waals surface area contributed by atoms with E-state index >= 15 is 0 Å². The van der Waals surface area contributed by atoms with Crippen LogP contribution in [0.1, 0.15) is 5.56 Å². The van der Waals surface area contributed by atoms with Crippen molar-refractivity contribution in [3.63, 3.8) is 0 Å². The number of hydrogen-bond acceptors (Lipinski definition) is 1. The molecule has 0 saturated carbocycles. The summed E-state index contributed by atoms with van der Waals surface area (Å²) in [6, 6.07) is 8.60. The molecule has 0 nitrogen and oxygen atoms in total. The molecule has 0 aliphatic carbocycles. The molecule has 1 heterocycles. The Hall–Kier alpha value is -0.210. The lowest BCUT2D eigenvalue weighted by molar-refractivity contribution is 0.914. The maximum absolute atomic E-state index is 4.51. The molecular weight excluding hydrogens is 184 g/mol. The van der Waals surface area contributed by atoms with E-state index in [1.54, 1.807) is 0 Å². The minimum atomic E-state index is 0.178. The van der Waals surface area contributed by atoms with Gasteiger partial charge in [0.25, 0.3) is 0 Å². The van der Waals surface area contributed by atoms with E-state index in [0.717, 1.165) is 12.2 Å². The van der Waals surface area contributed by atoms with Crippen LogP contribution in [0.5, 0.6) is 0 Å². The molecule has 2 rings (SSSR count). The fourth-order valence-corrected chi connectivity index (χ4v) is 3.88. The molecule has 0 radical (unpaired) electrons. The zero-order chi connectivity index (χ0) is 8.55. The summed E-state index contributed by atoms with van der Waals surface area (Å²) >= 11 is 4.51. The van der Waals surface area contributed by atoms with E-state index < -0.39 is 0 Å². The first kappa shape index (κ1) is 8.39. The Labute approximate surface area is 81.3 Å². The van der Waals surface area contributed by atoms with Gasteiger partial charge in [0.1, 0.15) is 0 Å². The van der Waals surface area contributed by atoms with Crippen LogP contribution >= 0.6 is 23.1 Å². The van der Waals surface area contributed by atoms with Gasteiger partial charge in [-0.25, -0.2) is 0 Å². The second-order valence-electron chi connectivity index (χ2n) is 3.13. The highest BCUT2D eigenvalue weighted by Crippen LogP contribution is 2.35. The molecule has 0 aromatic heterocycles. The van der Waals surface area contributed by atoms with Crippen LogP contribution in [0.4, 0.5) is 0 Å². The highest BCUT2D eigenvalue weighted by molar-refractivity contribution is 8.14. The van der Waals surface area contributed by atoms with Crippen molar-refractivity contribution >= 4 is 29.0 Å². The molecule has 2 atom stereocenters. The van der Waals surface area contributed by atoms with Gasteiger partial charge < -0.3 is 0 Å². The van der Waals surface area contributed by atoms with E-state index in [2.05, 4.69) is 42.8 Å². The predicted molar refractivity (Wildman–Crippen MR) is 60.8 cm³/mol. The predicted octanol–water partition coefficient (Wildman–Crippen LogP) is 2.60. The lowest BCUT2D eigenvalue weighted by atomic mass is 10.1. The molecule has 0 spiro atoms. The van der Waals surface area contributed by atoms with Crippen molar-refractivity contribution in [2.75, 3.05) is 5.75 Å². The first-order valence-electron chi connectivity index (χ1n) is 4.04. The fraction of sp³-hybridized carbons (Fsp3) is 0.300. The topological polar surface area (TPSA) is 0 Å². The molecule has 1 aliphatic rings. The summed E-state index contributed by atoms with van der Waals surface area (Å²) in [5.74, 6) is 5.31. The Bertz CT molecular complexity index is 317. The minimum Gasteiger partial charge on any atom is -0.175 e. The van der Waals surface area contributed by atoms with Crippen molar-refractivity contribution in [3.8, 4) is 0 Å². The number of fused-ring (bicyclic) bond motifs is 1. The second kappa shape index (κ2) is 3.27. The van der Waals surface area contributed by atoms with Gasteiger partial charge in [-0.2, -0.15) is 23.1 Å². The first-order valence-corrected chi connectivity index (χ1v) is 6.12. The van der Waals surface area contributed by atoms with Gasteiger partial charge in [-0.1, -0.05) is 24.1 Å². The van der Waals surface area contributed by atoms with Crippen LogP contribution in [0, 0.1) is 0 Å². The minimum absolute atomic E-state index is 0.178. The second-order valence-corrected chi connectivity index (χ2v) is 5.61. The molecule has 12 heavy (non-hydrogen) atoms. The summed E-state index contributed by atoms with van der Waals surface area (Å²) in [5.41, 5.74) is 1.45. The quantitative estimate of drug-likeness (QED) is 0.478. The monoisotopic (exact) mass is 196 g/mol. The smallest absolute Gasteiger partial charge is 0.0147 e. The maximum atomic E-state index is 4.51.